The number of phenols is 1. The molecule has 0 aliphatic heterocycles. The van der Waals surface area contributed by atoms with E-state index in [4.69, 9.17) is 0 Å². The maximum atomic E-state index is 10.3. The Morgan fingerprint density at radius 2 is 0.446 bits per heavy atom. The summed E-state index contributed by atoms with van der Waals surface area (Å²) in [4.78, 5) is 0. The second-order valence-corrected chi connectivity index (χ2v) is 15.8. The van der Waals surface area contributed by atoms with Crippen LogP contribution in [0.3, 0.4) is 0 Å². The van der Waals surface area contributed by atoms with Crippen molar-refractivity contribution in [1.29, 1.82) is 0 Å². The summed E-state index contributed by atoms with van der Waals surface area (Å²) < 4.78 is 0. The summed E-state index contributed by atoms with van der Waals surface area (Å²) in [7, 11) is -0.996. The third-order valence-electron chi connectivity index (χ3n) is 9.77. The zero-order valence-corrected chi connectivity index (χ0v) is 31.9. The van der Waals surface area contributed by atoms with Crippen LogP contribution in [0.2, 0.25) is 0 Å². The van der Waals surface area contributed by atoms with E-state index in [1.165, 1.54) is 71.5 Å². The second-order valence-electron chi connectivity index (χ2n) is 13.6. The monoisotopic (exact) mass is 736 g/mol. The van der Waals surface area contributed by atoms with Gasteiger partial charge in [-0.2, -0.15) is 0 Å². The molecule has 56 heavy (non-hydrogen) atoms. The molecule has 9 rings (SSSR count). The Balaban J connectivity index is 0.000000312. The molecule has 0 fully saturated rings. The van der Waals surface area contributed by atoms with E-state index in [2.05, 4.69) is 218 Å². The number of aromatic hydroxyl groups is 1. The van der Waals surface area contributed by atoms with Crippen LogP contribution >= 0.6 is 7.92 Å². The Morgan fingerprint density at radius 3 is 0.696 bits per heavy atom. The van der Waals surface area contributed by atoms with Gasteiger partial charge in [-0.15, -0.1) is 0 Å². The van der Waals surface area contributed by atoms with Gasteiger partial charge >= 0.3 is 0 Å². The number of hydrogen-bond acceptors (Lipinski definition) is 1. The Bertz CT molecular complexity index is 2310. The average molecular weight is 737 g/mol. The van der Waals surface area contributed by atoms with E-state index in [0.717, 1.165) is 0 Å². The van der Waals surface area contributed by atoms with Crippen LogP contribution in [-0.4, -0.2) is 5.11 Å². The molecular weight excluding hydrogens is 696 g/mol. The minimum atomic E-state index is -0.996. The first kappa shape index (κ1) is 36.2. The van der Waals surface area contributed by atoms with Gasteiger partial charge < -0.3 is 5.11 Å². The lowest BCUT2D eigenvalue weighted by atomic mass is 9.99. The first-order valence-electron chi connectivity index (χ1n) is 18.9. The highest BCUT2D eigenvalue weighted by molar-refractivity contribution is 7.79. The van der Waals surface area contributed by atoms with Crippen molar-refractivity contribution in [3.8, 4) is 61.4 Å². The Morgan fingerprint density at radius 1 is 0.214 bits per heavy atom. The summed E-state index contributed by atoms with van der Waals surface area (Å²) in [5, 5.41) is 14.0. The first-order chi connectivity index (χ1) is 27.7. The van der Waals surface area contributed by atoms with Gasteiger partial charge in [0.05, 0.1) is 0 Å². The van der Waals surface area contributed by atoms with Crippen LogP contribution < -0.4 is 15.9 Å². The first-order valence-corrected chi connectivity index (χ1v) is 20.2. The van der Waals surface area contributed by atoms with Crippen LogP contribution in [0.4, 0.5) is 0 Å². The lowest BCUT2D eigenvalue weighted by Crippen LogP contribution is -2.21. The van der Waals surface area contributed by atoms with Gasteiger partial charge in [0.1, 0.15) is 5.75 Å². The minimum absolute atomic E-state index is 0.273. The highest BCUT2D eigenvalue weighted by Crippen LogP contribution is 2.40. The quantitative estimate of drug-likeness (QED) is 0.154. The van der Waals surface area contributed by atoms with Crippen LogP contribution in [0, 0.1) is 0 Å². The van der Waals surface area contributed by atoms with Gasteiger partial charge in [0.2, 0.25) is 0 Å². The van der Waals surface area contributed by atoms with Gasteiger partial charge in [0, 0.05) is 0 Å². The highest BCUT2D eigenvalue weighted by Gasteiger charge is 2.21. The van der Waals surface area contributed by atoms with E-state index >= 15 is 0 Å². The molecule has 0 heterocycles. The molecule has 0 aromatic heterocycles. The molecule has 0 saturated carbocycles. The molecule has 0 spiro atoms. The van der Waals surface area contributed by atoms with Crippen LogP contribution in [0.1, 0.15) is 0 Å². The molecule has 0 atom stereocenters. The van der Waals surface area contributed by atoms with Crippen molar-refractivity contribution in [2.75, 3.05) is 0 Å². The van der Waals surface area contributed by atoms with Gasteiger partial charge in [0.15, 0.2) is 0 Å². The molecule has 1 nitrogen and oxygen atoms in total. The summed E-state index contributed by atoms with van der Waals surface area (Å²) in [6.45, 7) is 0. The van der Waals surface area contributed by atoms with E-state index in [0.29, 0.717) is 0 Å². The number of rotatable bonds is 8. The van der Waals surface area contributed by atoms with Gasteiger partial charge in [-0.05, 0) is 128 Å². The molecule has 9 aromatic rings. The molecule has 0 radical (unpaired) electrons. The zero-order valence-electron chi connectivity index (χ0n) is 31.0. The summed E-state index contributed by atoms with van der Waals surface area (Å²) in [5.74, 6) is 0.273. The molecule has 0 aliphatic rings. The van der Waals surface area contributed by atoms with Crippen molar-refractivity contribution in [2.24, 2.45) is 0 Å². The second kappa shape index (κ2) is 17.6. The Labute approximate surface area is 331 Å². The van der Waals surface area contributed by atoms with E-state index in [1.807, 2.05) is 24.3 Å². The average Bonchev–Trinajstić information content (AvgIpc) is 3.29. The number of phenolic OH excluding ortho intramolecular Hbond substituents is 1. The SMILES string of the molecule is Oc1ccc(P(c2cc(-c3ccccc3)cc(-c3ccccc3)c2)c2cc(-c3ccccc3)cc(-c3ccccc3)c2)cc1.c1ccc(-c2ccccc2)cc1. The normalized spacial score (nSPS) is 10.7. The van der Waals surface area contributed by atoms with Gasteiger partial charge in [-0.25, -0.2) is 0 Å². The summed E-state index contributed by atoms with van der Waals surface area (Å²) >= 11 is 0. The predicted octanol–water partition coefficient (Wildman–Crippen LogP) is 13.2. The van der Waals surface area contributed by atoms with Gasteiger partial charge in [-0.1, -0.05) is 194 Å². The van der Waals surface area contributed by atoms with Gasteiger partial charge in [0.25, 0.3) is 0 Å². The van der Waals surface area contributed by atoms with Crippen LogP contribution in [0.5, 0.6) is 5.75 Å². The molecule has 0 unspecified atom stereocenters. The predicted molar refractivity (Wildman–Crippen MR) is 240 cm³/mol. The molecule has 1 N–H and O–H groups in total. The van der Waals surface area contributed by atoms with Crippen molar-refractivity contribution in [3.05, 3.63) is 243 Å². The van der Waals surface area contributed by atoms with Crippen LogP contribution in [0.25, 0.3) is 55.6 Å². The lowest BCUT2D eigenvalue weighted by molar-refractivity contribution is 0.475. The van der Waals surface area contributed by atoms with E-state index in [-0.39, 0.29) is 5.75 Å². The largest absolute Gasteiger partial charge is 0.508 e. The Kier molecular flexibility index (Phi) is 11.4. The number of benzene rings is 9. The van der Waals surface area contributed by atoms with Crippen molar-refractivity contribution in [2.45, 2.75) is 0 Å². The van der Waals surface area contributed by atoms with E-state index in [1.54, 1.807) is 0 Å². The van der Waals surface area contributed by atoms with Crippen LogP contribution in [-0.2, 0) is 0 Å². The molecule has 0 aliphatic carbocycles. The van der Waals surface area contributed by atoms with E-state index < -0.39 is 7.92 Å². The molecule has 268 valence electrons. The Hall–Kier alpha value is -6.79. The molecular formula is C54H41OP. The topological polar surface area (TPSA) is 20.2 Å². The van der Waals surface area contributed by atoms with Crippen molar-refractivity contribution >= 4 is 23.8 Å². The van der Waals surface area contributed by atoms with Crippen LogP contribution in [0.15, 0.2) is 243 Å². The molecule has 0 bridgehead atoms. The molecule has 0 saturated heterocycles. The smallest absolute Gasteiger partial charge is 0.115 e. The molecule has 2 heteroatoms. The maximum Gasteiger partial charge on any atom is 0.115 e. The van der Waals surface area contributed by atoms with Crippen molar-refractivity contribution in [3.63, 3.8) is 0 Å². The highest BCUT2D eigenvalue weighted by atomic mass is 31.1. The van der Waals surface area contributed by atoms with Crippen molar-refractivity contribution in [1.82, 2.24) is 0 Å². The molecule has 9 aromatic carbocycles. The minimum Gasteiger partial charge on any atom is -0.508 e. The standard InChI is InChI=1S/C42H31OP.C12H10/c43-39-21-23-40(24-22-39)44(41-27-35(31-13-5-1-6-14-31)25-36(28-41)32-15-7-2-8-16-32)42-29-37(33-17-9-3-10-18-33)26-38(30-42)34-19-11-4-12-20-34;1-3-7-11(8-4-1)12-9-5-2-6-10-12/h1-30,43H;1-10H. The summed E-state index contributed by atoms with van der Waals surface area (Å²) in [6, 6.07) is 85.1. The van der Waals surface area contributed by atoms with Crippen molar-refractivity contribution < 1.29 is 5.11 Å². The van der Waals surface area contributed by atoms with Gasteiger partial charge in [-0.3, -0.25) is 0 Å². The van der Waals surface area contributed by atoms with E-state index in [9.17, 15) is 5.11 Å². The fraction of sp³-hybridized carbons (Fsp3) is 0. The summed E-state index contributed by atoms with van der Waals surface area (Å²) in [5.41, 5.74) is 12.1. The number of hydrogen-bond donors (Lipinski definition) is 1. The molecule has 0 amide bonds. The summed E-state index contributed by atoms with van der Waals surface area (Å²) in [6.07, 6.45) is 0. The fourth-order valence-electron chi connectivity index (χ4n) is 6.98. The third kappa shape index (κ3) is 8.77. The fourth-order valence-corrected chi connectivity index (χ4v) is 9.39. The third-order valence-corrected chi connectivity index (χ3v) is 12.1. The lowest BCUT2D eigenvalue weighted by Gasteiger charge is -2.23. The zero-order chi connectivity index (χ0) is 37.9. The maximum absolute atomic E-state index is 10.3.